The van der Waals surface area contributed by atoms with Crippen LogP contribution >= 0.6 is 11.6 Å². The van der Waals surface area contributed by atoms with Gasteiger partial charge < -0.3 is 14.8 Å². The summed E-state index contributed by atoms with van der Waals surface area (Å²) < 4.78 is 10.8. The molecule has 1 amide bonds. The van der Waals surface area contributed by atoms with Crippen LogP contribution in [0.5, 0.6) is 11.5 Å². The SMILES string of the molecule is CC[C@H](Oc1cccc(Cl)c1)C(=O)Nc1cc([N+](=O)[O-])ccc1OC. The third-order valence-corrected chi connectivity index (χ3v) is 3.62. The minimum atomic E-state index is -0.789. The normalized spacial score (nSPS) is 11.5. The van der Waals surface area contributed by atoms with Crippen molar-refractivity contribution in [1.82, 2.24) is 0 Å². The van der Waals surface area contributed by atoms with E-state index in [4.69, 9.17) is 21.1 Å². The van der Waals surface area contributed by atoms with Crippen molar-refractivity contribution in [1.29, 1.82) is 0 Å². The Balaban J connectivity index is 2.18. The van der Waals surface area contributed by atoms with Crippen LogP contribution in [0.2, 0.25) is 5.02 Å². The molecule has 2 aromatic carbocycles. The first-order valence-corrected chi connectivity index (χ1v) is 7.88. The second kappa shape index (κ2) is 8.34. The molecule has 0 aliphatic heterocycles. The number of nitro groups is 1. The maximum absolute atomic E-state index is 12.5. The largest absolute Gasteiger partial charge is 0.495 e. The Labute approximate surface area is 149 Å². The fraction of sp³-hybridized carbons (Fsp3) is 0.235. The first-order valence-electron chi connectivity index (χ1n) is 7.50. The fourth-order valence-electron chi connectivity index (χ4n) is 2.15. The van der Waals surface area contributed by atoms with Crippen LogP contribution in [-0.2, 0) is 4.79 Å². The van der Waals surface area contributed by atoms with E-state index >= 15 is 0 Å². The lowest BCUT2D eigenvalue weighted by Crippen LogP contribution is -2.32. The van der Waals surface area contributed by atoms with Crippen LogP contribution in [0.25, 0.3) is 0 Å². The van der Waals surface area contributed by atoms with E-state index in [-0.39, 0.29) is 11.4 Å². The van der Waals surface area contributed by atoms with Crippen molar-refractivity contribution in [3.8, 4) is 11.5 Å². The molecule has 0 spiro atoms. The summed E-state index contributed by atoms with van der Waals surface area (Å²) in [4.78, 5) is 22.9. The zero-order valence-electron chi connectivity index (χ0n) is 13.7. The highest BCUT2D eigenvalue weighted by atomic mass is 35.5. The van der Waals surface area contributed by atoms with Crippen molar-refractivity contribution < 1.29 is 19.2 Å². The van der Waals surface area contributed by atoms with Gasteiger partial charge in [0.15, 0.2) is 6.10 Å². The Morgan fingerprint density at radius 1 is 1.32 bits per heavy atom. The summed E-state index contributed by atoms with van der Waals surface area (Å²) in [5.41, 5.74) is 0.0507. The van der Waals surface area contributed by atoms with E-state index in [0.29, 0.717) is 22.9 Å². The molecule has 2 rings (SSSR count). The molecule has 0 bridgehead atoms. The number of hydrogen-bond acceptors (Lipinski definition) is 5. The maximum Gasteiger partial charge on any atom is 0.271 e. The number of methoxy groups -OCH3 is 1. The third kappa shape index (κ3) is 4.84. The van der Waals surface area contributed by atoms with Gasteiger partial charge in [0.1, 0.15) is 11.5 Å². The molecular formula is C17H17ClN2O5. The van der Waals surface area contributed by atoms with Gasteiger partial charge in [-0.05, 0) is 30.7 Å². The number of nitrogens with zero attached hydrogens (tertiary/aromatic N) is 1. The lowest BCUT2D eigenvalue weighted by Gasteiger charge is -2.18. The standard InChI is InChI=1S/C17H17ClN2O5/c1-3-15(25-13-6-4-5-11(18)9-13)17(21)19-14-10-12(20(22)23)7-8-16(14)24-2/h4-10,15H,3H2,1-2H3,(H,19,21)/t15-/m0/s1. The number of hydrogen-bond donors (Lipinski definition) is 1. The maximum atomic E-state index is 12.5. The second-order valence-corrected chi connectivity index (χ2v) is 5.54. The zero-order valence-corrected chi connectivity index (χ0v) is 14.4. The molecule has 0 aliphatic carbocycles. The number of nitro benzene ring substituents is 1. The van der Waals surface area contributed by atoms with Crippen molar-refractivity contribution in [3.05, 3.63) is 57.6 Å². The van der Waals surface area contributed by atoms with E-state index in [1.165, 1.54) is 25.3 Å². The molecule has 0 aromatic heterocycles. The van der Waals surface area contributed by atoms with Crippen LogP contribution in [0.3, 0.4) is 0 Å². The molecule has 0 radical (unpaired) electrons. The summed E-state index contributed by atoms with van der Waals surface area (Å²) in [6.07, 6.45) is -0.391. The zero-order chi connectivity index (χ0) is 18.4. The highest BCUT2D eigenvalue weighted by Crippen LogP contribution is 2.29. The van der Waals surface area contributed by atoms with Gasteiger partial charge in [-0.3, -0.25) is 14.9 Å². The summed E-state index contributed by atoms with van der Waals surface area (Å²) in [6, 6.07) is 10.7. The predicted octanol–water partition coefficient (Wildman–Crippen LogP) is 4.05. The van der Waals surface area contributed by atoms with Gasteiger partial charge in [-0.15, -0.1) is 0 Å². The van der Waals surface area contributed by atoms with Gasteiger partial charge in [-0.1, -0.05) is 24.6 Å². The Morgan fingerprint density at radius 3 is 2.68 bits per heavy atom. The van der Waals surface area contributed by atoms with Crippen molar-refractivity contribution in [2.75, 3.05) is 12.4 Å². The molecule has 1 atom stereocenters. The molecule has 1 N–H and O–H groups in total. The lowest BCUT2D eigenvalue weighted by atomic mass is 10.2. The highest BCUT2D eigenvalue weighted by molar-refractivity contribution is 6.30. The number of nitrogens with one attached hydrogen (secondary N) is 1. The Bertz CT molecular complexity index is 781. The number of anilines is 1. The van der Waals surface area contributed by atoms with E-state index in [1.54, 1.807) is 31.2 Å². The average Bonchev–Trinajstić information content (AvgIpc) is 2.59. The van der Waals surface area contributed by atoms with Crippen molar-refractivity contribution in [2.24, 2.45) is 0 Å². The topological polar surface area (TPSA) is 90.7 Å². The molecule has 0 saturated carbocycles. The highest BCUT2D eigenvalue weighted by Gasteiger charge is 2.21. The quantitative estimate of drug-likeness (QED) is 0.591. The summed E-state index contributed by atoms with van der Waals surface area (Å²) >= 11 is 5.91. The number of rotatable bonds is 7. The smallest absolute Gasteiger partial charge is 0.271 e. The summed E-state index contributed by atoms with van der Waals surface area (Å²) in [5, 5.41) is 14.0. The summed E-state index contributed by atoms with van der Waals surface area (Å²) in [5.74, 6) is 0.332. The number of non-ortho nitro benzene ring substituents is 1. The summed E-state index contributed by atoms with van der Waals surface area (Å²) in [6.45, 7) is 1.79. The fourth-order valence-corrected chi connectivity index (χ4v) is 2.33. The Morgan fingerprint density at radius 2 is 2.08 bits per heavy atom. The van der Waals surface area contributed by atoms with E-state index in [0.717, 1.165) is 0 Å². The monoisotopic (exact) mass is 364 g/mol. The second-order valence-electron chi connectivity index (χ2n) is 5.10. The third-order valence-electron chi connectivity index (χ3n) is 3.39. The van der Waals surface area contributed by atoms with Gasteiger partial charge in [-0.2, -0.15) is 0 Å². The molecule has 0 aliphatic rings. The minimum Gasteiger partial charge on any atom is -0.495 e. The number of carbonyl (C=O) groups is 1. The van der Waals surface area contributed by atoms with E-state index < -0.39 is 16.9 Å². The van der Waals surface area contributed by atoms with Crippen LogP contribution in [-0.4, -0.2) is 24.0 Å². The van der Waals surface area contributed by atoms with E-state index in [1.807, 2.05) is 0 Å². The first-order chi connectivity index (χ1) is 11.9. The molecule has 7 nitrogen and oxygen atoms in total. The number of carbonyl (C=O) groups excluding carboxylic acids is 1. The number of benzene rings is 2. The number of halogens is 1. The minimum absolute atomic E-state index is 0.153. The molecule has 0 fully saturated rings. The van der Waals surface area contributed by atoms with Gasteiger partial charge in [0.2, 0.25) is 0 Å². The van der Waals surface area contributed by atoms with Gasteiger partial charge in [0.05, 0.1) is 17.7 Å². The molecule has 8 heteroatoms. The van der Waals surface area contributed by atoms with Crippen LogP contribution in [0.15, 0.2) is 42.5 Å². The van der Waals surface area contributed by atoms with Crippen LogP contribution in [0.1, 0.15) is 13.3 Å². The molecule has 132 valence electrons. The van der Waals surface area contributed by atoms with Gasteiger partial charge in [0.25, 0.3) is 11.6 Å². The van der Waals surface area contributed by atoms with Crippen molar-refractivity contribution in [2.45, 2.75) is 19.4 Å². The number of amides is 1. The molecule has 0 saturated heterocycles. The molecular weight excluding hydrogens is 348 g/mol. The molecule has 0 heterocycles. The molecule has 2 aromatic rings. The van der Waals surface area contributed by atoms with E-state index in [2.05, 4.69) is 5.32 Å². The van der Waals surface area contributed by atoms with Crippen LogP contribution < -0.4 is 14.8 Å². The van der Waals surface area contributed by atoms with Gasteiger partial charge in [0, 0.05) is 17.2 Å². The van der Waals surface area contributed by atoms with Crippen LogP contribution in [0, 0.1) is 10.1 Å². The average molecular weight is 365 g/mol. The first kappa shape index (κ1) is 18.5. The van der Waals surface area contributed by atoms with Crippen molar-refractivity contribution in [3.63, 3.8) is 0 Å². The predicted molar refractivity (Wildman–Crippen MR) is 94.4 cm³/mol. The lowest BCUT2D eigenvalue weighted by molar-refractivity contribution is -0.384. The Hall–Kier alpha value is -2.80. The van der Waals surface area contributed by atoms with Gasteiger partial charge in [-0.25, -0.2) is 0 Å². The number of ether oxygens (including phenoxy) is 2. The Kier molecular flexibility index (Phi) is 6.19. The summed E-state index contributed by atoms with van der Waals surface area (Å²) in [7, 11) is 1.41. The van der Waals surface area contributed by atoms with Crippen LogP contribution in [0.4, 0.5) is 11.4 Å². The molecule has 0 unspecified atom stereocenters. The molecule has 25 heavy (non-hydrogen) atoms. The van der Waals surface area contributed by atoms with Gasteiger partial charge >= 0.3 is 0 Å². The van der Waals surface area contributed by atoms with E-state index in [9.17, 15) is 14.9 Å². The van der Waals surface area contributed by atoms with Crippen molar-refractivity contribution >= 4 is 28.9 Å².